The highest BCUT2D eigenvalue weighted by atomic mass is 32.7. The van der Waals surface area contributed by atoms with Crippen molar-refractivity contribution < 1.29 is 61.3 Å². The quantitative estimate of drug-likeness (QED) is 0.145. The van der Waals surface area contributed by atoms with Gasteiger partial charge in [0.2, 0.25) is 23.6 Å². The van der Waals surface area contributed by atoms with E-state index in [0.29, 0.717) is 25.1 Å². The monoisotopic (exact) mass is 903 g/mol. The van der Waals surface area contributed by atoms with E-state index in [1.54, 1.807) is 26.8 Å². The number of ether oxygens (including phenoxy) is 3. The van der Waals surface area contributed by atoms with Crippen LogP contribution in [0.5, 0.6) is 5.88 Å². The topological polar surface area (TPSA) is 290 Å². The summed E-state index contributed by atoms with van der Waals surface area (Å²) in [6.45, 7) is -4.19. The fraction of sp³-hybridized carbons (Fsp3) is 0.625. The fourth-order valence-corrected chi connectivity index (χ4v) is 10.2. The number of hydrogen-bond acceptors (Lipinski definition) is 18. The van der Waals surface area contributed by atoms with E-state index in [1.807, 2.05) is 0 Å². The highest BCUT2D eigenvalue weighted by Crippen LogP contribution is 2.58. The number of imidazole rings is 1. The van der Waals surface area contributed by atoms with Crippen LogP contribution < -0.4 is 20.9 Å². The number of rotatable bonds is 7. The number of aromatic nitrogens is 6. The molecule has 23 nitrogen and oxygen atoms in total. The van der Waals surface area contributed by atoms with Gasteiger partial charge in [0, 0.05) is 31.1 Å². The highest BCUT2D eigenvalue weighted by molar-refractivity contribution is 8.44. The molecular formula is C32H43N9O14P2S2. The molecule has 322 valence electrons. The van der Waals surface area contributed by atoms with Gasteiger partial charge in [0.05, 0.1) is 25.6 Å². The first kappa shape index (κ1) is 43.5. The number of alkyl carbamates (subject to hydrolysis) is 1. The van der Waals surface area contributed by atoms with Crippen LogP contribution in [0.1, 0.15) is 52.7 Å². The first-order valence-corrected chi connectivity index (χ1v) is 23.7. The van der Waals surface area contributed by atoms with Crippen molar-refractivity contribution in [2.24, 2.45) is 5.92 Å². The number of likely N-dealkylation sites (tertiary alicyclic amines) is 1. The molecule has 0 spiro atoms. The average Bonchev–Trinajstić information content (AvgIpc) is 3.95. The van der Waals surface area contributed by atoms with E-state index in [1.165, 1.54) is 28.3 Å². The van der Waals surface area contributed by atoms with Crippen molar-refractivity contribution in [1.82, 2.24) is 39.7 Å². The number of aromatic amines is 1. The SMILES string of the molecule is CC(C)(C)OC(=O)NCC(=O)N1CCC[C@@H]1C(=O)Nc1nc2c(ncn2[C@@H]2O[C@@H]3COP(O)(=S)O[C@H]4C[C@H](Oc5ccncn5)C[C@@H]4COP(=O)(S)O[C@@H]2[C@@H]3O)c(=O)[nH]1. The third-order valence-electron chi connectivity index (χ3n) is 9.73. The van der Waals surface area contributed by atoms with Gasteiger partial charge in [0.1, 0.15) is 48.9 Å². The van der Waals surface area contributed by atoms with Crippen molar-refractivity contribution in [3.05, 3.63) is 35.3 Å². The molecule has 2 unspecified atom stereocenters. The lowest BCUT2D eigenvalue weighted by atomic mass is 10.1. The molecule has 27 heteroatoms. The summed E-state index contributed by atoms with van der Waals surface area (Å²) in [7, 11) is 0. The van der Waals surface area contributed by atoms with Crippen LogP contribution >= 0.6 is 25.8 Å². The molecule has 0 radical (unpaired) electrons. The Balaban J connectivity index is 1.08. The van der Waals surface area contributed by atoms with Gasteiger partial charge in [-0.15, -0.1) is 0 Å². The van der Waals surface area contributed by atoms with Crippen molar-refractivity contribution >= 4 is 72.6 Å². The first-order valence-electron chi connectivity index (χ1n) is 18.5. The molecule has 3 aromatic rings. The Kier molecular flexibility index (Phi) is 12.8. The van der Waals surface area contributed by atoms with Gasteiger partial charge in [-0.05, 0) is 51.8 Å². The second kappa shape index (κ2) is 17.4. The number of anilines is 1. The summed E-state index contributed by atoms with van der Waals surface area (Å²) in [6.07, 6.45) is -2.42. The summed E-state index contributed by atoms with van der Waals surface area (Å²) in [5.74, 6) is -1.71. The van der Waals surface area contributed by atoms with E-state index in [0.717, 1.165) is 0 Å². The molecular weight excluding hydrogens is 860 g/mol. The summed E-state index contributed by atoms with van der Waals surface area (Å²) >= 11 is 9.52. The number of H-pyrrole nitrogens is 1. The van der Waals surface area contributed by atoms with Crippen LogP contribution in [0, 0.1) is 5.92 Å². The van der Waals surface area contributed by atoms with Gasteiger partial charge in [-0.2, -0.15) is 4.98 Å². The van der Waals surface area contributed by atoms with E-state index in [4.69, 9.17) is 44.1 Å². The van der Waals surface area contributed by atoms with Crippen molar-refractivity contribution in [2.45, 2.75) is 94.8 Å². The zero-order chi connectivity index (χ0) is 42.3. The second-order valence-electron chi connectivity index (χ2n) is 15.1. The largest absolute Gasteiger partial charge is 0.474 e. The standard InChI is InChI=1S/C32H43N9O14P2S2/c1-32(2,3)53-31(46)34-11-22(42)40-8-4-5-18(40)27(44)38-30-37-26-23(28(45)39-30)36-15-41(26)29-25-24(43)20(52-29)13-50-56(47,58)54-19-10-17(51-21-6-7-33-14-35-21)9-16(19)12-49-57(48,59)55-25/h6-7,14-20,24-25,29,43H,4-5,8-13H2,1-3H3,(H,34,46)(H,47,58)(H,48,59)(H2,37,38,39,44,45)/t16-,17-,18-,19+,20-,24-,25-,29-,56?,57?/m1/s1. The van der Waals surface area contributed by atoms with Crippen molar-refractivity contribution in [3.8, 4) is 5.88 Å². The molecule has 6 heterocycles. The van der Waals surface area contributed by atoms with E-state index >= 15 is 0 Å². The lowest BCUT2D eigenvalue weighted by Crippen LogP contribution is -2.47. The number of nitrogens with one attached hydrogen (secondary N) is 3. The minimum absolute atomic E-state index is 0.146. The Bertz CT molecular complexity index is 2210. The molecule has 4 aliphatic rings. The van der Waals surface area contributed by atoms with Crippen LogP contribution in [0.3, 0.4) is 0 Å². The molecule has 3 aliphatic heterocycles. The zero-order valence-electron chi connectivity index (χ0n) is 31.8. The van der Waals surface area contributed by atoms with Crippen LogP contribution in [0.2, 0.25) is 0 Å². The highest BCUT2D eigenvalue weighted by Gasteiger charge is 2.51. The molecule has 59 heavy (non-hydrogen) atoms. The van der Waals surface area contributed by atoms with E-state index in [2.05, 4.69) is 47.8 Å². The Labute approximate surface area is 346 Å². The zero-order valence-corrected chi connectivity index (χ0v) is 35.3. The molecule has 4 fully saturated rings. The van der Waals surface area contributed by atoms with Gasteiger partial charge in [0.15, 0.2) is 17.4 Å². The lowest BCUT2D eigenvalue weighted by molar-refractivity contribution is -0.135. The molecule has 3 amide bonds. The van der Waals surface area contributed by atoms with Crippen molar-refractivity contribution in [2.75, 3.05) is 31.6 Å². The van der Waals surface area contributed by atoms with Gasteiger partial charge < -0.3 is 48.0 Å². The lowest BCUT2D eigenvalue weighted by Gasteiger charge is -2.27. The third kappa shape index (κ3) is 10.5. The summed E-state index contributed by atoms with van der Waals surface area (Å²) in [5.41, 5.74) is -1.89. The summed E-state index contributed by atoms with van der Waals surface area (Å²) in [4.78, 5) is 83.1. The molecule has 5 N–H and O–H groups in total. The molecule has 3 aromatic heterocycles. The minimum atomic E-state index is -4.31. The van der Waals surface area contributed by atoms with Crippen LogP contribution in [0.15, 0.2) is 29.7 Å². The molecule has 1 saturated carbocycles. The van der Waals surface area contributed by atoms with Gasteiger partial charge in [-0.1, -0.05) is 12.2 Å². The summed E-state index contributed by atoms with van der Waals surface area (Å²) in [5, 5.41) is 16.4. The minimum Gasteiger partial charge on any atom is -0.474 e. The number of fused-ring (bicyclic) bond motifs is 4. The van der Waals surface area contributed by atoms with Crippen LogP contribution in [0.25, 0.3) is 11.2 Å². The predicted molar refractivity (Wildman–Crippen MR) is 210 cm³/mol. The van der Waals surface area contributed by atoms with Gasteiger partial charge >= 0.3 is 19.6 Å². The van der Waals surface area contributed by atoms with Crippen molar-refractivity contribution in [1.29, 1.82) is 0 Å². The number of carbonyl (C=O) groups excluding carboxylic acids is 3. The second-order valence-corrected chi connectivity index (χ2v) is 20.8. The van der Waals surface area contributed by atoms with Crippen LogP contribution in [-0.2, 0) is 53.5 Å². The first-order chi connectivity index (χ1) is 27.8. The van der Waals surface area contributed by atoms with E-state index < -0.39 is 104 Å². The maximum Gasteiger partial charge on any atom is 0.408 e. The van der Waals surface area contributed by atoms with Crippen LogP contribution in [0.4, 0.5) is 10.7 Å². The normalized spacial score (nSPS) is 32.7. The van der Waals surface area contributed by atoms with Gasteiger partial charge in [0.25, 0.3) is 5.56 Å². The molecule has 0 aromatic carbocycles. The molecule has 7 rings (SSSR count). The van der Waals surface area contributed by atoms with Crippen molar-refractivity contribution in [3.63, 3.8) is 0 Å². The number of hydrogen-bond donors (Lipinski definition) is 6. The maximum absolute atomic E-state index is 13.8. The summed E-state index contributed by atoms with van der Waals surface area (Å²) in [6, 6.07) is 0.623. The Morgan fingerprint density at radius 3 is 2.69 bits per heavy atom. The maximum atomic E-state index is 13.8. The Hall–Kier alpha value is -3.61. The average molecular weight is 904 g/mol. The number of carbonyl (C=O) groups is 3. The van der Waals surface area contributed by atoms with Gasteiger partial charge in [-0.3, -0.25) is 33.8 Å². The number of aliphatic hydroxyl groups excluding tert-OH is 1. The van der Waals surface area contributed by atoms with Crippen LogP contribution in [-0.4, -0.2) is 131 Å². The predicted octanol–water partition coefficient (Wildman–Crippen LogP) is 1.55. The number of aliphatic hydroxyl groups is 1. The Morgan fingerprint density at radius 1 is 1.15 bits per heavy atom. The summed E-state index contributed by atoms with van der Waals surface area (Å²) < 4.78 is 55.3. The molecule has 1 aliphatic carbocycles. The molecule has 3 saturated heterocycles. The van der Waals surface area contributed by atoms with Gasteiger partial charge in [-0.25, -0.2) is 24.3 Å². The van der Waals surface area contributed by atoms with E-state index in [-0.39, 0.29) is 36.7 Å². The smallest absolute Gasteiger partial charge is 0.408 e. The molecule has 2 bridgehead atoms. The Morgan fingerprint density at radius 2 is 1.95 bits per heavy atom. The van der Waals surface area contributed by atoms with E-state index in [9.17, 15) is 33.7 Å². The fourth-order valence-electron chi connectivity index (χ4n) is 7.17. The molecule has 10 atom stereocenters. The number of thiol groups is 1. The third-order valence-corrected chi connectivity index (χ3v) is 12.9. The number of nitrogens with zero attached hydrogens (tertiary/aromatic N) is 6. The number of amides is 3.